The minimum atomic E-state index is -1.16. The summed E-state index contributed by atoms with van der Waals surface area (Å²) in [5.41, 5.74) is 2.70. The lowest BCUT2D eigenvalue weighted by atomic mass is 10.1. The first-order valence-corrected chi connectivity index (χ1v) is 6.10. The number of carbonyl (C=O) groups is 2. The third kappa shape index (κ3) is 2.23. The van der Waals surface area contributed by atoms with Crippen LogP contribution in [0.3, 0.4) is 0 Å². The van der Waals surface area contributed by atoms with Crippen LogP contribution in [0.4, 0.5) is 0 Å². The van der Waals surface area contributed by atoms with Gasteiger partial charge in [-0.25, -0.2) is 0 Å². The fraction of sp³-hybridized carbons (Fsp3) is 0.429. The van der Waals surface area contributed by atoms with Gasteiger partial charge in [-0.15, -0.1) is 0 Å². The third-order valence-corrected chi connectivity index (χ3v) is 3.54. The van der Waals surface area contributed by atoms with Gasteiger partial charge in [0.1, 0.15) is 0 Å². The highest BCUT2D eigenvalue weighted by atomic mass is 16.4. The van der Waals surface area contributed by atoms with Crippen LogP contribution in [-0.2, 0) is 4.79 Å². The van der Waals surface area contributed by atoms with Crippen molar-refractivity contribution in [2.24, 2.45) is 0 Å². The molecule has 1 aromatic rings. The molecule has 0 saturated carbocycles. The van der Waals surface area contributed by atoms with Gasteiger partial charge in [0.05, 0.1) is 12.0 Å². The molecular formula is C14H16NO3-. The van der Waals surface area contributed by atoms with Crippen LogP contribution in [-0.4, -0.2) is 29.4 Å². The molecule has 0 aromatic heterocycles. The van der Waals surface area contributed by atoms with Gasteiger partial charge >= 0.3 is 0 Å². The molecule has 4 nitrogen and oxygen atoms in total. The molecule has 96 valence electrons. The first kappa shape index (κ1) is 12.6. The van der Waals surface area contributed by atoms with Crippen LogP contribution in [0.25, 0.3) is 0 Å². The van der Waals surface area contributed by atoms with E-state index in [2.05, 4.69) is 0 Å². The predicted molar refractivity (Wildman–Crippen MR) is 65.0 cm³/mol. The van der Waals surface area contributed by atoms with E-state index >= 15 is 0 Å². The lowest BCUT2D eigenvalue weighted by Crippen LogP contribution is -2.47. The SMILES string of the molecule is Cc1ccc(C(=O)N2CCCC2C(=O)[O-])cc1C. The lowest BCUT2D eigenvalue weighted by molar-refractivity contribution is -0.310. The van der Waals surface area contributed by atoms with Gasteiger partial charge in [-0.3, -0.25) is 4.79 Å². The molecule has 0 N–H and O–H groups in total. The number of rotatable bonds is 2. The number of likely N-dealkylation sites (tertiary alicyclic amines) is 1. The van der Waals surface area contributed by atoms with Crippen LogP contribution < -0.4 is 5.11 Å². The molecule has 1 heterocycles. The molecule has 0 aliphatic carbocycles. The van der Waals surface area contributed by atoms with Crippen molar-refractivity contribution in [3.05, 3.63) is 34.9 Å². The molecule has 1 unspecified atom stereocenters. The Morgan fingerprint density at radius 1 is 1.28 bits per heavy atom. The minimum absolute atomic E-state index is 0.218. The van der Waals surface area contributed by atoms with Crippen LogP contribution in [0.15, 0.2) is 18.2 Å². The van der Waals surface area contributed by atoms with Gasteiger partial charge in [0.25, 0.3) is 5.91 Å². The summed E-state index contributed by atoms with van der Waals surface area (Å²) in [4.78, 5) is 24.6. The highest BCUT2D eigenvalue weighted by molar-refractivity contribution is 5.97. The molecule has 1 saturated heterocycles. The summed E-state index contributed by atoms with van der Waals surface area (Å²) in [6.45, 7) is 4.40. The molecule has 1 aliphatic rings. The van der Waals surface area contributed by atoms with Gasteiger partial charge in [0.2, 0.25) is 0 Å². The average Bonchev–Trinajstić information content (AvgIpc) is 2.81. The quantitative estimate of drug-likeness (QED) is 0.770. The molecule has 0 radical (unpaired) electrons. The molecule has 4 heteroatoms. The number of aliphatic carboxylic acids is 1. The fourth-order valence-corrected chi connectivity index (χ4v) is 2.30. The zero-order valence-electron chi connectivity index (χ0n) is 10.6. The van der Waals surface area contributed by atoms with Crippen molar-refractivity contribution in [1.82, 2.24) is 4.90 Å². The van der Waals surface area contributed by atoms with E-state index in [9.17, 15) is 14.7 Å². The molecule has 0 spiro atoms. The number of carboxylic acid groups (broad SMARTS) is 1. The van der Waals surface area contributed by atoms with Gasteiger partial charge in [-0.1, -0.05) is 6.07 Å². The summed E-state index contributed by atoms with van der Waals surface area (Å²) >= 11 is 0. The zero-order chi connectivity index (χ0) is 13.3. The van der Waals surface area contributed by atoms with Crippen molar-refractivity contribution >= 4 is 11.9 Å². The van der Waals surface area contributed by atoms with Gasteiger partial charge in [0.15, 0.2) is 0 Å². The summed E-state index contributed by atoms with van der Waals surface area (Å²) in [7, 11) is 0. The highest BCUT2D eigenvalue weighted by Crippen LogP contribution is 2.20. The molecule has 1 aliphatic heterocycles. The van der Waals surface area contributed by atoms with Gasteiger partial charge in [0, 0.05) is 12.1 Å². The first-order chi connectivity index (χ1) is 8.50. The van der Waals surface area contributed by atoms with Crippen LogP contribution in [0.5, 0.6) is 0 Å². The van der Waals surface area contributed by atoms with Gasteiger partial charge < -0.3 is 14.8 Å². The minimum Gasteiger partial charge on any atom is -0.548 e. The smallest absolute Gasteiger partial charge is 0.254 e. The van der Waals surface area contributed by atoms with E-state index in [1.807, 2.05) is 26.0 Å². The van der Waals surface area contributed by atoms with Crippen molar-refractivity contribution in [1.29, 1.82) is 0 Å². The summed E-state index contributed by atoms with van der Waals surface area (Å²) < 4.78 is 0. The number of nitrogens with zero attached hydrogens (tertiary/aromatic N) is 1. The number of hydrogen-bond acceptors (Lipinski definition) is 3. The number of aryl methyl sites for hydroxylation is 2. The summed E-state index contributed by atoms with van der Waals surface area (Å²) in [6.07, 6.45) is 1.20. The van der Waals surface area contributed by atoms with Crippen LogP contribution in [0.2, 0.25) is 0 Å². The summed E-state index contributed by atoms with van der Waals surface area (Å²) in [6, 6.07) is 4.66. The van der Waals surface area contributed by atoms with Gasteiger partial charge in [-0.05, 0) is 49.9 Å². The van der Waals surface area contributed by atoms with Crippen molar-refractivity contribution < 1.29 is 14.7 Å². The summed E-state index contributed by atoms with van der Waals surface area (Å²) in [5, 5.41) is 11.0. The lowest BCUT2D eigenvalue weighted by Gasteiger charge is -2.25. The largest absolute Gasteiger partial charge is 0.548 e. The Balaban J connectivity index is 2.25. The van der Waals surface area contributed by atoms with Crippen LogP contribution >= 0.6 is 0 Å². The maximum absolute atomic E-state index is 12.3. The number of carboxylic acids is 1. The number of benzene rings is 1. The van der Waals surface area contributed by atoms with E-state index in [-0.39, 0.29) is 5.91 Å². The standard InChI is InChI=1S/C14H17NO3/c1-9-5-6-11(8-10(9)2)13(16)15-7-3-4-12(15)14(17)18/h5-6,8,12H,3-4,7H2,1-2H3,(H,17,18)/p-1. The summed E-state index contributed by atoms with van der Waals surface area (Å²) in [5.74, 6) is -1.38. The molecule has 18 heavy (non-hydrogen) atoms. The van der Waals surface area contributed by atoms with E-state index in [1.165, 1.54) is 4.90 Å². The average molecular weight is 246 g/mol. The van der Waals surface area contributed by atoms with Crippen molar-refractivity contribution in [2.75, 3.05) is 6.54 Å². The Morgan fingerprint density at radius 3 is 2.61 bits per heavy atom. The Morgan fingerprint density at radius 2 is 2.00 bits per heavy atom. The van der Waals surface area contributed by atoms with Crippen LogP contribution in [0, 0.1) is 13.8 Å². The molecule has 1 atom stereocenters. The molecular weight excluding hydrogens is 230 g/mol. The zero-order valence-corrected chi connectivity index (χ0v) is 10.6. The topological polar surface area (TPSA) is 60.4 Å². The Bertz CT molecular complexity index is 496. The maximum atomic E-state index is 12.3. The van der Waals surface area contributed by atoms with Crippen molar-refractivity contribution in [3.63, 3.8) is 0 Å². The Kier molecular flexibility index (Phi) is 3.36. The number of amides is 1. The maximum Gasteiger partial charge on any atom is 0.254 e. The van der Waals surface area contributed by atoms with E-state index in [4.69, 9.17) is 0 Å². The second-order valence-corrected chi connectivity index (χ2v) is 4.77. The Hall–Kier alpha value is -1.84. The third-order valence-electron chi connectivity index (χ3n) is 3.54. The second-order valence-electron chi connectivity index (χ2n) is 4.77. The predicted octanol–water partition coefficient (Wildman–Crippen LogP) is 0.658. The Labute approximate surface area is 106 Å². The molecule has 1 aromatic carbocycles. The monoisotopic (exact) mass is 246 g/mol. The molecule has 1 amide bonds. The molecule has 1 fully saturated rings. The highest BCUT2D eigenvalue weighted by Gasteiger charge is 2.30. The van der Waals surface area contributed by atoms with Crippen molar-refractivity contribution in [3.8, 4) is 0 Å². The second kappa shape index (κ2) is 4.80. The van der Waals surface area contributed by atoms with E-state index in [1.54, 1.807) is 6.07 Å². The number of carbonyl (C=O) groups excluding carboxylic acids is 2. The normalized spacial score (nSPS) is 19.0. The molecule has 0 bridgehead atoms. The van der Waals surface area contributed by atoms with E-state index < -0.39 is 12.0 Å². The van der Waals surface area contributed by atoms with E-state index in [0.29, 0.717) is 18.5 Å². The van der Waals surface area contributed by atoms with E-state index in [0.717, 1.165) is 17.5 Å². The number of hydrogen-bond donors (Lipinski definition) is 0. The van der Waals surface area contributed by atoms with Crippen LogP contribution in [0.1, 0.15) is 34.3 Å². The van der Waals surface area contributed by atoms with Gasteiger partial charge in [-0.2, -0.15) is 0 Å². The molecule has 2 rings (SSSR count). The van der Waals surface area contributed by atoms with Crippen molar-refractivity contribution in [2.45, 2.75) is 32.7 Å². The fourth-order valence-electron chi connectivity index (χ4n) is 2.30. The first-order valence-electron chi connectivity index (χ1n) is 6.10.